The van der Waals surface area contributed by atoms with E-state index in [4.69, 9.17) is 16.3 Å². The maximum absolute atomic E-state index is 6.01. The molecule has 0 spiro atoms. The number of halogens is 3. The summed E-state index contributed by atoms with van der Waals surface area (Å²) in [4.78, 5) is 0. The third kappa shape index (κ3) is 5.33. The van der Waals surface area contributed by atoms with Gasteiger partial charge >= 0.3 is 0 Å². The molecule has 2 nitrogen and oxygen atoms in total. The Hall–Kier alpha value is -1.36. The van der Waals surface area contributed by atoms with Crippen LogP contribution < -0.4 is 26.3 Å². The van der Waals surface area contributed by atoms with E-state index in [0.717, 1.165) is 32.9 Å². The van der Waals surface area contributed by atoms with Crippen molar-refractivity contribution in [1.29, 1.82) is 0 Å². The van der Waals surface area contributed by atoms with E-state index in [2.05, 4.69) is 26.6 Å². The van der Waals surface area contributed by atoms with Gasteiger partial charge in [0, 0.05) is 21.6 Å². The molecule has 3 rings (SSSR count). The SMILES string of the molecule is Clc1ccc(COc2ccc(Br)cc2C[n+]2ccccc2)cc1.[Br-]. The molecule has 0 saturated carbocycles. The van der Waals surface area contributed by atoms with Crippen molar-refractivity contribution >= 4 is 27.5 Å². The quantitative estimate of drug-likeness (QED) is 0.522. The molecule has 2 aromatic carbocycles. The molecule has 0 bridgehead atoms. The molecule has 24 heavy (non-hydrogen) atoms. The second-order valence-corrected chi connectivity index (χ2v) is 6.57. The fraction of sp³-hybridized carbons (Fsp3) is 0.105. The summed E-state index contributed by atoms with van der Waals surface area (Å²) in [7, 11) is 0. The Balaban J connectivity index is 0.00000208. The molecule has 0 aliphatic rings. The largest absolute Gasteiger partial charge is 1.00 e. The molecule has 0 aliphatic carbocycles. The van der Waals surface area contributed by atoms with Gasteiger partial charge in [0.1, 0.15) is 12.4 Å². The zero-order valence-electron chi connectivity index (χ0n) is 12.8. The van der Waals surface area contributed by atoms with E-state index in [9.17, 15) is 0 Å². The normalized spacial score (nSPS) is 10.1. The van der Waals surface area contributed by atoms with E-state index in [1.54, 1.807) is 0 Å². The molecule has 1 heterocycles. The number of hydrogen-bond donors (Lipinski definition) is 0. The Morgan fingerprint density at radius 2 is 1.67 bits per heavy atom. The fourth-order valence-corrected chi connectivity index (χ4v) is 2.83. The van der Waals surface area contributed by atoms with Crippen molar-refractivity contribution in [2.45, 2.75) is 13.2 Å². The van der Waals surface area contributed by atoms with Crippen LogP contribution >= 0.6 is 27.5 Å². The summed E-state index contributed by atoms with van der Waals surface area (Å²) in [6, 6.07) is 19.9. The van der Waals surface area contributed by atoms with Crippen LogP contribution in [0.1, 0.15) is 11.1 Å². The van der Waals surface area contributed by atoms with Gasteiger partial charge in [0.25, 0.3) is 0 Å². The first kappa shape index (κ1) is 19.0. The van der Waals surface area contributed by atoms with E-state index < -0.39 is 0 Å². The lowest BCUT2D eigenvalue weighted by atomic mass is 10.2. The maximum Gasteiger partial charge on any atom is 0.177 e. The minimum absolute atomic E-state index is 0. The van der Waals surface area contributed by atoms with Gasteiger partial charge in [-0.25, -0.2) is 4.57 Å². The maximum atomic E-state index is 6.01. The number of pyridine rings is 1. The first-order valence-electron chi connectivity index (χ1n) is 7.30. The summed E-state index contributed by atoms with van der Waals surface area (Å²) < 4.78 is 9.18. The average molecular weight is 470 g/mol. The Kier molecular flexibility index (Phi) is 7.28. The van der Waals surface area contributed by atoms with E-state index in [1.165, 1.54) is 0 Å². The van der Waals surface area contributed by atoms with E-state index in [1.807, 2.05) is 67.0 Å². The number of nitrogens with zero attached hydrogens (tertiary/aromatic N) is 1. The third-order valence-corrected chi connectivity index (χ3v) is 4.21. The molecule has 0 unspecified atom stereocenters. The Morgan fingerprint density at radius 1 is 0.958 bits per heavy atom. The molecule has 124 valence electrons. The average Bonchev–Trinajstić information content (AvgIpc) is 2.57. The summed E-state index contributed by atoms with van der Waals surface area (Å²) >= 11 is 9.45. The highest BCUT2D eigenvalue weighted by Crippen LogP contribution is 2.24. The van der Waals surface area contributed by atoms with Crippen molar-refractivity contribution < 1.29 is 26.3 Å². The highest BCUT2D eigenvalue weighted by molar-refractivity contribution is 9.10. The highest BCUT2D eigenvalue weighted by atomic mass is 79.9. The van der Waals surface area contributed by atoms with Crippen molar-refractivity contribution in [1.82, 2.24) is 0 Å². The molecular formula is C19H16Br2ClNO. The van der Waals surface area contributed by atoms with Crippen molar-refractivity contribution in [2.24, 2.45) is 0 Å². The number of ether oxygens (including phenoxy) is 1. The van der Waals surface area contributed by atoms with Crippen LogP contribution in [0.3, 0.4) is 0 Å². The Bertz CT molecular complexity index is 779. The second-order valence-electron chi connectivity index (χ2n) is 5.22. The van der Waals surface area contributed by atoms with E-state index >= 15 is 0 Å². The lowest BCUT2D eigenvalue weighted by Gasteiger charge is -2.11. The fourth-order valence-electron chi connectivity index (χ4n) is 2.29. The topological polar surface area (TPSA) is 13.1 Å². The molecule has 0 aliphatic heterocycles. The van der Waals surface area contributed by atoms with Crippen LogP contribution in [0, 0.1) is 0 Å². The van der Waals surface area contributed by atoms with Crippen LogP contribution in [-0.2, 0) is 13.2 Å². The number of benzene rings is 2. The van der Waals surface area contributed by atoms with Crippen molar-refractivity contribution in [3.8, 4) is 5.75 Å². The first-order chi connectivity index (χ1) is 11.2. The lowest BCUT2D eigenvalue weighted by Crippen LogP contribution is -3.00. The van der Waals surface area contributed by atoms with Gasteiger partial charge in [0.15, 0.2) is 18.9 Å². The third-order valence-electron chi connectivity index (χ3n) is 3.46. The van der Waals surface area contributed by atoms with E-state index in [0.29, 0.717) is 6.61 Å². The summed E-state index contributed by atoms with van der Waals surface area (Å²) in [5.74, 6) is 0.888. The molecule has 5 heteroatoms. The van der Waals surface area contributed by atoms with Crippen LogP contribution in [0.2, 0.25) is 5.02 Å². The van der Waals surface area contributed by atoms with Gasteiger partial charge in [0.05, 0.1) is 5.56 Å². The van der Waals surface area contributed by atoms with Gasteiger partial charge < -0.3 is 21.7 Å². The van der Waals surface area contributed by atoms with Crippen LogP contribution in [-0.4, -0.2) is 0 Å². The molecule has 0 fully saturated rings. The predicted octanol–water partition coefficient (Wildman–Crippen LogP) is 2.02. The number of hydrogen-bond acceptors (Lipinski definition) is 1. The molecule has 1 aromatic heterocycles. The van der Waals surface area contributed by atoms with Gasteiger partial charge in [-0.15, -0.1) is 0 Å². The predicted molar refractivity (Wildman–Crippen MR) is 95.7 cm³/mol. The zero-order valence-corrected chi connectivity index (χ0v) is 16.8. The summed E-state index contributed by atoms with van der Waals surface area (Å²) in [6.45, 7) is 1.28. The minimum Gasteiger partial charge on any atom is -1.00 e. The Morgan fingerprint density at radius 3 is 2.38 bits per heavy atom. The molecule has 0 saturated heterocycles. The smallest absolute Gasteiger partial charge is 0.177 e. The zero-order chi connectivity index (χ0) is 16.1. The van der Waals surface area contributed by atoms with Crippen LogP contribution in [0.25, 0.3) is 0 Å². The van der Waals surface area contributed by atoms with Crippen molar-refractivity contribution in [2.75, 3.05) is 0 Å². The first-order valence-corrected chi connectivity index (χ1v) is 8.47. The summed E-state index contributed by atoms with van der Waals surface area (Å²) in [5.41, 5.74) is 2.22. The standard InChI is InChI=1S/C19H16BrClNO.BrH/c20-17-6-9-19(23-14-15-4-7-18(21)8-5-15)16(12-17)13-22-10-2-1-3-11-22;/h1-12H,13-14H2;1H/q+1;/p-1. The number of aromatic nitrogens is 1. The van der Waals surface area contributed by atoms with Crippen LogP contribution in [0.5, 0.6) is 5.75 Å². The lowest BCUT2D eigenvalue weighted by molar-refractivity contribution is -0.688. The summed E-state index contributed by atoms with van der Waals surface area (Å²) in [6.07, 6.45) is 4.09. The van der Waals surface area contributed by atoms with E-state index in [-0.39, 0.29) is 17.0 Å². The minimum atomic E-state index is 0. The monoisotopic (exact) mass is 467 g/mol. The van der Waals surface area contributed by atoms with Crippen LogP contribution in [0.15, 0.2) is 77.5 Å². The molecule has 0 atom stereocenters. The van der Waals surface area contributed by atoms with Gasteiger partial charge in [-0.2, -0.15) is 0 Å². The Labute approximate surface area is 166 Å². The molecule has 0 radical (unpaired) electrons. The van der Waals surface area contributed by atoms with Crippen LogP contribution in [0.4, 0.5) is 0 Å². The van der Waals surface area contributed by atoms with Gasteiger partial charge in [-0.05, 0) is 35.9 Å². The molecule has 0 amide bonds. The summed E-state index contributed by atoms with van der Waals surface area (Å²) in [5, 5.41) is 0.735. The van der Waals surface area contributed by atoms with Crippen molar-refractivity contribution in [3.05, 3.63) is 93.7 Å². The molecule has 0 N–H and O–H groups in total. The van der Waals surface area contributed by atoms with Gasteiger partial charge in [-0.1, -0.05) is 45.7 Å². The second kappa shape index (κ2) is 9.21. The molecular weight excluding hydrogens is 453 g/mol. The van der Waals surface area contributed by atoms with Gasteiger partial charge in [-0.3, -0.25) is 0 Å². The number of rotatable bonds is 5. The van der Waals surface area contributed by atoms with Crippen molar-refractivity contribution in [3.63, 3.8) is 0 Å². The van der Waals surface area contributed by atoms with Gasteiger partial charge in [0.2, 0.25) is 0 Å². The highest BCUT2D eigenvalue weighted by Gasteiger charge is 2.10. The molecule has 3 aromatic rings.